The molecule has 0 bridgehead atoms. The zero-order valence-corrected chi connectivity index (χ0v) is 18.9. The molecule has 0 fully saturated rings. The second-order valence-corrected chi connectivity index (χ2v) is 9.53. The van der Waals surface area contributed by atoms with Crippen LogP contribution in [0.3, 0.4) is 0 Å². The van der Waals surface area contributed by atoms with Crippen LogP contribution in [0.15, 0.2) is 71.6 Å². The van der Waals surface area contributed by atoms with Crippen molar-refractivity contribution in [1.82, 2.24) is 10.0 Å². The fraction of sp³-hybridized carbons (Fsp3) is 0.292. The maximum atomic E-state index is 13.1. The van der Waals surface area contributed by atoms with Gasteiger partial charge in [-0.1, -0.05) is 56.3 Å². The predicted molar refractivity (Wildman–Crippen MR) is 122 cm³/mol. The molecule has 1 unspecified atom stereocenters. The minimum absolute atomic E-state index is 0.0776. The third-order valence-electron chi connectivity index (χ3n) is 5.25. The van der Waals surface area contributed by atoms with Crippen LogP contribution in [-0.2, 0) is 14.8 Å². The summed E-state index contributed by atoms with van der Waals surface area (Å²) in [5.74, 6) is -0.0544. The molecule has 3 aromatic carbocycles. The molecule has 164 valence electrons. The summed E-state index contributed by atoms with van der Waals surface area (Å²) in [6.45, 7) is 5.52. The SMILES string of the molecule is COc1ccc(S(=O)(=O)N[C@H](C(=O)NC(C)c2cccc3ccccc23)C(C)C)cc1. The van der Waals surface area contributed by atoms with Gasteiger partial charge in [0.05, 0.1) is 18.0 Å². The zero-order valence-electron chi connectivity index (χ0n) is 18.1. The number of amides is 1. The van der Waals surface area contributed by atoms with Crippen LogP contribution in [0.4, 0.5) is 0 Å². The molecule has 0 saturated heterocycles. The minimum Gasteiger partial charge on any atom is -0.497 e. The Balaban J connectivity index is 1.80. The van der Waals surface area contributed by atoms with E-state index in [1.54, 1.807) is 12.1 Å². The fourth-order valence-electron chi connectivity index (χ4n) is 3.49. The van der Waals surface area contributed by atoms with Crippen LogP contribution >= 0.6 is 0 Å². The highest BCUT2D eigenvalue weighted by Gasteiger charge is 2.29. The van der Waals surface area contributed by atoms with E-state index in [9.17, 15) is 13.2 Å². The maximum Gasteiger partial charge on any atom is 0.241 e. The molecule has 6 nitrogen and oxygen atoms in total. The largest absolute Gasteiger partial charge is 0.497 e. The number of carbonyl (C=O) groups is 1. The summed E-state index contributed by atoms with van der Waals surface area (Å²) < 4.78 is 33.3. The van der Waals surface area contributed by atoms with Gasteiger partial charge < -0.3 is 10.1 Å². The van der Waals surface area contributed by atoms with Crippen molar-refractivity contribution in [3.63, 3.8) is 0 Å². The first-order chi connectivity index (χ1) is 14.7. The van der Waals surface area contributed by atoms with E-state index in [-0.39, 0.29) is 22.8 Å². The second kappa shape index (κ2) is 9.49. The monoisotopic (exact) mass is 440 g/mol. The third kappa shape index (κ3) is 5.24. The molecule has 3 rings (SSSR count). The lowest BCUT2D eigenvalue weighted by Gasteiger charge is -2.24. The lowest BCUT2D eigenvalue weighted by Crippen LogP contribution is -2.50. The summed E-state index contributed by atoms with van der Waals surface area (Å²) in [7, 11) is -2.36. The van der Waals surface area contributed by atoms with Crippen molar-refractivity contribution in [1.29, 1.82) is 0 Å². The van der Waals surface area contributed by atoms with Gasteiger partial charge in [-0.2, -0.15) is 4.72 Å². The van der Waals surface area contributed by atoms with Gasteiger partial charge in [0.25, 0.3) is 0 Å². The van der Waals surface area contributed by atoms with Crippen LogP contribution in [-0.4, -0.2) is 27.5 Å². The molecule has 0 aliphatic heterocycles. The van der Waals surface area contributed by atoms with Gasteiger partial charge >= 0.3 is 0 Å². The van der Waals surface area contributed by atoms with Gasteiger partial charge in [-0.25, -0.2) is 8.42 Å². The number of methoxy groups -OCH3 is 1. The van der Waals surface area contributed by atoms with Crippen molar-refractivity contribution >= 4 is 26.7 Å². The Morgan fingerprint density at radius 2 is 1.55 bits per heavy atom. The van der Waals surface area contributed by atoms with Crippen molar-refractivity contribution in [2.24, 2.45) is 5.92 Å². The fourth-order valence-corrected chi connectivity index (χ4v) is 4.84. The number of carbonyl (C=O) groups excluding carboxylic acids is 1. The molecule has 2 N–H and O–H groups in total. The molecular weight excluding hydrogens is 412 g/mol. The van der Waals surface area contributed by atoms with Gasteiger partial charge in [0.2, 0.25) is 15.9 Å². The summed E-state index contributed by atoms with van der Waals surface area (Å²) in [5, 5.41) is 5.11. The highest BCUT2D eigenvalue weighted by molar-refractivity contribution is 7.89. The Morgan fingerprint density at radius 1 is 0.903 bits per heavy atom. The molecule has 31 heavy (non-hydrogen) atoms. The van der Waals surface area contributed by atoms with Crippen LogP contribution < -0.4 is 14.8 Å². The Morgan fingerprint density at radius 3 is 2.19 bits per heavy atom. The molecule has 0 saturated carbocycles. The molecule has 3 aromatic rings. The summed E-state index contributed by atoms with van der Waals surface area (Å²) in [4.78, 5) is 13.1. The van der Waals surface area contributed by atoms with Gasteiger partial charge in [0, 0.05) is 0 Å². The van der Waals surface area contributed by atoms with Crippen molar-refractivity contribution in [2.75, 3.05) is 7.11 Å². The summed E-state index contributed by atoms with van der Waals surface area (Å²) >= 11 is 0. The average molecular weight is 441 g/mol. The van der Waals surface area contributed by atoms with Gasteiger partial charge in [-0.05, 0) is 53.4 Å². The van der Waals surface area contributed by atoms with E-state index in [0.717, 1.165) is 16.3 Å². The molecule has 2 atom stereocenters. The summed E-state index contributed by atoms with van der Waals surface area (Å²) in [5.41, 5.74) is 0.979. The highest BCUT2D eigenvalue weighted by atomic mass is 32.2. The highest BCUT2D eigenvalue weighted by Crippen LogP contribution is 2.24. The van der Waals surface area contributed by atoms with E-state index in [2.05, 4.69) is 10.0 Å². The number of fused-ring (bicyclic) bond motifs is 1. The number of sulfonamides is 1. The Kier molecular flexibility index (Phi) is 6.97. The number of rotatable bonds is 8. The van der Waals surface area contributed by atoms with E-state index in [1.807, 2.05) is 63.2 Å². The predicted octanol–water partition coefficient (Wildman–Crippen LogP) is 4.03. The van der Waals surface area contributed by atoms with Crippen LogP contribution in [0.2, 0.25) is 0 Å². The average Bonchev–Trinajstić information content (AvgIpc) is 2.76. The maximum absolute atomic E-state index is 13.1. The van der Waals surface area contributed by atoms with Gasteiger partial charge in [-0.3, -0.25) is 4.79 Å². The van der Waals surface area contributed by atoms with Crippen molar-refractivity contribution in [3.05, 3.63) is 72.3 Å². The van der Waals surface area contributed by atoms with E-state index in [1.165, 1.54) is 19.2 Å². The summed E-state index contributed by atoms with van der Waals surface area (Å²) in [6, 6.07) is 18.8. The number of nitrogens with one attached hydrogen (secondary N) is 2. The van der Waals surface area contributed by atoms with Crippen molar-refractivity contribution in [3.8, 4) is 5.75 Å². The summed E-state index contributed by atoms with van der Waals surface area (Å²) in [6.07, 6.45) is 0. The van der Waals surface area contributed by atoms with Crippen LogP contribution in [0.25, 0.3) is 10.8 Å². The molecule has 0 aliphatic carbocycles. The van der Waals surface area contributed by atoms with Gasteiger partial charge in [-0.15, -0.1) is 0 Å². The quantitative estimate of drug-likeness (QED) is 0.554. The number of hydrogen-bond acceptors (Lipinski definition) is 4. The number of ether oxygens (including phenoxy) is 1. The molecule has 0 aliphatic rings. The molecule has 0 radical (unpaired) electrons. The van der Waals surface area contributed by atoms with Crippen LogP contribution in [0.5, 0.6) is 5.75 Å². The van der Waals surface area contributed by atoms with Gasteiger partial charge in [0.15, 0.2) is 0 Å². The first-order valence-corrected chi connectivity index (χ1v) is 11.7. The number of benzene rings is 3. The Labute approximate surface area is 183 Å². The smallest absolute Gasteiger partial charge is 0.241 e. The molecule has 0 heterocycles. The Bertz CT molecular complexity index is 1150. The van der Waals surface area contributed by atoms with Crippen molar-refractivity contribution in [2.45, 2.75) is 37.8 Å². The second-order valence-electron chi connectivity index (χ2n) is 7.82. The molecule has 7 heteroatoms. The van der Waals surface area contributed by atoms with E-state index in [4.69, 9.17) is 4.74 Å². The van der Waals surface area contributed by atoms with Crippen molar-refractivity contribution < 1.29 is 17.9 Å². The lowest BCUT2D eigenvalue weighted by molar-refractivity contribution is -0.124. The van der Waals surface area contributed by atoms with Gasteiger partial charge in [0.1, 0.15) is 11.8 Å². The van der Waals surface area contributed by atoms with Crippen LogP contribution in [0, 0.1) is 5.92 Å². The third-order valence-corrected chi connectivity index (χ3v) is 6.71. The Hall–Kier alpha value is -2.90. The lowest BCUT2D eigenvalue weighted by atomic mass is 9.98. The molecule has 0 aromatic heterocycles. The molecular formula is C24H28N2O4S. The normalized spacial score (nSPS) is 13.7. The zero-order chi connectivity index (χ0) is 22.6. The standard InChI is InChI=1S/C24H28N2O4S/c1-16(2)23(26-31(28,29)20-14-12-19(30-4)13-15-20)24(27)25-17(3)21-11-7-9-18-8-5-6-10-22(18)21/h5-17,23,26H,1-4H3,(H,25,27)/t17?,23-/m0/s1. The first kappa shape index (κ1) is 22.8. The first-order valence-electron chi connectivity index (χ1n) is 10.2. The molecule has 1 amide bonds. The van der Waals surface area contributed by atoms with E-state index >= 15 is 0 Å². The van der Waals surface area contributed by atoms with Crippen LogP contribution in [0.1, 0.15) is 32.4 Å². The minimum atomic E-state index is -3.88. The van der Waals surface area contributed by atoms with E-state index in [0.29, 0.717) is 5.75 Å². The molecule has 0 spiro atoms. The topological polar surface area (TPSA) is 84.5 Å². The number of hydrogen-bond donors (Lipinski definition) is 2. The van der Waals surface area contributed by atoms with E-state index < -0.39 is 16.1 Å².